The molecular weight excluding hydrogens is 178 g/mol. The predicted molar refractivity (Wildman–Crippen MR) is 55.5 cm³/mol. The van der Waals surface area contributed by atoms with Crippen molar-refractivity contribution in [2.75, 3.05) is 0 Å². The van der Waals surface area contributed by atoms with Crippen LogP contribution in [0, 0.1) is 5.92 Å². The lowest BCUT2D eigenvalue weighted by molar-refractivity contribution is 0.0691. The van der Waals surface area contributed by atoms with E-state index in [1.54, 1.807) is 12.3 Å². The molecule has 1 rings (SSSR count). The van der Waals surface area contributed by atoms with Gasteiger partial charge in [0.1, 0.15) is 5.69 Å². The first-order chi connectivity index (χ1) is 6.59. The summed E-state index contributed by atoms with van der Waals surface area (Å²) in [6.45, 7) is 4.39. The average Bonchev–Trinajstić information content (AvgIpc) is 2.52. The van der Waals surface area contributed by atoms with Crippen molar-refractivity contribution in [3.63, 3.8) is 0 Å². The van der Waals surface area contributed by atoms with E-state index in [9.17, 15) is 4.79 Å². The van der Waals surface area contributed by atoms with Gasteiger partial charge in [-0.1, -0.05) is 20.3 Å². The zero-order chi connectivity index (χ0) is 10.6. The summed E-state index contributed by atoms with van der Waals surface area (Å²) in [7, 11) is 0. The minimum atomic E-state index is -0.889. The number of rotatable bonds is 5. The molecule has 1 heterocycles. The number of carbonyl (C=O) groups is 1. The van der Waals surface area contributed by atoms with Crippen LogP contribution in [-0.4, -0.2) is 16.1 Å². The third-order valence-corrected chi connectivity index (χ3v) is 2.22. The second-order valence-electron chi connectivity index (χ2n) is 4.01. The van der Waals surface area contributed by atoms with E-state index in [0.29, 0.717) is 5.92 Å². The van der Waals surface area contributed by atoms with Crippen molar-refractivity contribution in [3.8, 4) is 0 Å². The molecule has 2 N–H and O–H groups in total. The van der Waals surface area contributed by atoms with Gasteiger partial charge in [-0.25, -0.2) is 4.79 Å². The standard InChI is InChI=1S/C11H17NO2/c1-8(2)4-3-5-9-6-10(11(13)14)12-7-9/h6-8,12H,3-5H2,1-2H3,(H,13,14). The van der Waals surface area contributed by atoms with Crippen LogP contribution < -0.4 is 0 Å². The number of aromatic nitrogens is 1. The summed E-state index contributed by atoms with van der Waals surface area (Å²) in [4.78, 5) is 13.3. The lowest BCUT2D eigenvalue weighted by Gasteiger charge is -2.01. The van der Waals surface area contributed by atoms with E-state index in [0.717, 1.165) is 18.4 Å². The molecule has 0 unspecified atom stereocenters. The summed E-state index contributed by atoms with van der Waals surface area (Å²) in [5, 5.41) is 8.68. The second-order valence-corrected chi connectivity index (χ2v) is 4.01. The van der Waals surface area contributed by atoms with Crippen LogP contribution >= 0.6 is 0 Å². The Morgan fingerprint density at radius 2 is 2.29 bits per heavy atom. The summed E-state index contributed by atoms with van der Waals surface area (Å²) in [6.07, 6.45) is 5.05. The van der Waals surface area contributed by atoms with Gasteiger partial charge in [0.2, 0.25) is 0 Å². The zero-order valence-corrected chi connectivity index (χ0v) is 8.71. The van der Waals surface area contributed by atoms with Crippen molar-refractivity contribution in [2.24, 2.45) is 5.92 Å². The van der Waals surface area contributed by atoms with Gasteiger partial charge in [-0.3, -0.25) is 0 Å². The number of aromatic carboxylic acids is 1. The quantitative estimate of drug-likeness (QED) is 0.759. The number of carboxylic acid groups (broad SMARTS) is 1. The number of nitrogens with one attached hydrogen (secondary N) is 1. The average molecular weight is 195 g/mol. The highest BCUT2D eigenvalue weighted by Gasteiger charge is 2.05. The molecule has 78 valence electrons. The molecular formula is C11H17NO2. The molecule has 0 fully saturated rings. The SMILES string of the molecule is CC(C)CCCc1c[nH]c(C(=O)O)c1. The molecule has 3 nitrogen and oxygen atoms in total. The van der Waals surface area contributed by atoms with E-state index in [-0.39, 0.29) is 5.69 Å². The van der Waals surface area contributed by atoms with Crippen molar-refractivity contribution in [2.45, 2.75) is 33.1 Å². The summed E-state index contributed by atoms with van der Waals surface area (Å²) in [6, 6.07) is 1.71. The van der Waals surface area contributed by atoms with Crippen LogP contribution in [0.25, 0.3) is 0 Å². The summed E-state index contributed by atoms with van der Waals surface area (Å²) >= 11 is 0. The third kappa shape index (κ3) is 3.24. The van der Waals surface area contributed by atoms with Gasteiger partial charge >= 0.3 is 5.97 Å². The highest BCUT2D eigenvalue weighted by Crippen LogP contribution is 2.11. The molecule has 0 saturated carbocycles. The highest BCUT2D eigenvalue weighted by atomic mass is 16.4. The zero-order valence-electron chi connectivity index (χ0n) is 8.71. The number of hydrogen-bond donors (Lipinski definition) is 2. The van der Waals surface area contributed by atoms with Gasteiger partial charge < -0.3 is 10.1 Å². The van der Waals surface area contributed by atoms with Gasteiger partial charge in [0.25, 0.3) is 0 Å². The lowest BCUT2D eigenvalue weighted by Crippen LogP contribution is -1.94. The fourth-order valence-corrected chi connectivity index (χ4v) is 1.42. The van der Waals surface area contributed by atoms with E-state index in [2.05, 4.69) is 18.8 Å². The molecule has 0 amide bonds. The largest absolute Gasteiger partial charge is 0.477 e. The third-order valence-electron chi connectivity index (χ3n) is 2.22. The maximum atomic E-state index is 10.6. The van der Waals surface area contributed by atoms with Crippen LogP contribution in [0.2, 0.25) is 0 Å². The first kappa shape index (κ1) is 10.8. The topological polar surface area (TPSA) is 53.1 Å². The van der Waals surface area contributed by atoms with Crippen LogP contribution in [0.5, 0.6) is 0 Å². The number of aromatic amines is 1. The molecule has 3 heteroatoms. The minimum absolute atomic E-state index is 0.282. The van der Waals surface area contributed by atoms with E-state index < -0.39 is 5.97 Å². The molecule has 0 aliphatic heterocycles. The number of H-pyrrole nitrogens is 1. The Morgan fingerprint density at radius 1 is 1.57 bits per heavy atom. The lowest BCUT2D eigenvalue weighted by atomic mass is 10.0. The smallest absolute Gasteiger partial charge is 0.352 e. The molecule has 0 saturated heterocycles. The van der Waals surface area contributed by atoms with E-state index in [4.69, 9.17) is 5.11 Å². The van der Waals surface area contributed by atoms with Crippen LogP contribution in [0.15, 0.2) is 12.3 Å². The Balaban J connectivity index is 2.40. The van der Waals surface area contributed by atoms with E-state index >= 15 is 0 Å². The molecule has 0 spiro atoms. The van der Waals surface area contributed by atoms with Gasteiger partial charge in [-0.05, 0) is 30.4 Å². The van der Waals surface area contributed by atoms with Crippen LogP contribution in [0.3, 0.4) is 0 Å². The van der Waals surface area contributed by atoms with Crippen molar-refractivity contribution < 1.29 is 9.90 Å². The summed E-state index contributed by atoms with van der Waals surface area (Å²) in [5.41, 5.74) is 1.37. The maximum absolute atomic E-state index is 10.6. The molecule has 0 aromatic carbocycles. The molecule has 14 heavy (non-hydrogen) atoms. The normalized spacial score (nSPS) is 10.8. The second kappa shape index (κ2) is 4.84. The number of carboxylic acids is 1. The molecule has 0 aliphatic carbocycles. The summed E-state index contributed by atoms with van der Waals surface area (Å²) < 4.78 is 0. The molecule has 0 aliphatic rings. The van der Waals surface area contributed by atoms with Crippen LogP contribution in [0.4, 0.5) is 0 Å². The molecule has 0 radical (unpaired) electrons. The van der Waals surface area contributed by atoms with Crippen LogP contribution in [0.1, 0.15) is 42.7 Å². The molecule has 1 aromatic heterocycles. The van der Waals surface area contributed by atoms with Crippen LogP contribution in [-0.2, 0) is 6.42 Å². The van der Waals surface area contributed by atoms with Crippen molar-refractivity contribution >= 4 is 5.97 Å². The van der Waals surface area contributed by atoms with Gasteiger partial charge in [0.05, 0.1) is 0 Å². The van der Waals surface area contributed by atoms with Gasteiger partial charge in [-0.15, -0.1) is 0 Å². The Bertz CT molecular complexity index is 302. The molecule has 0 atom stereocenters. The Labute approximate surface area is 84.2 Å². The fraction of sp³-hybridized carbons (Fsp3) is 0.545. The Hall–Kier alpha value is -1.25. The Morgan fingerprint density at radius 3 is 2.79 bits per heavy atom. The monoisotopic (exact) mass is 195 g/mol. The summed E-state index contributed by atoms with van der Waals surface area (Å²) in [5.74, 6) is -0.173. The van der Waals surface area contributed by atoms with Gasteiger partial charge in [0, 0.05) is 6.20 Å². The van der Waals surface area contributed by atoms with E-state index in [1.807, 2.05) is 0 Å². The molecule has 1 aromatic rings. The fourth-order valence-electron chi connectivity index (χ4n) is 1.42. The number of aryl methyl sites for hydroxylation is 1. The maximum Gasteiger partial charge on any atom is 0.352 e. The molecule has 0 bridgehead atoms. The highest BCUT2D eigenvalue weighted by molar-refractivity contribution is 5.85. The van der Waals surface area contributed by atoms with Gasteiger partial charge in [-0.2, -0.15) is 0 Å². The van der Waals surface area contributed by atoms with E-state index in [1.165, 1.54) is 6.42 Å². The number of hydrogen-bond acceptors (Lipinski definition) is 1. The minimum Gasteiger partial charge on any atom is -0.477 e. The first-order valence-electron chi connectivity index (χ1n) is 5.00. The predicted octanol–water partition coefficient (Wildman–Crippen LogP) is 2.69. The van der Waals surface area contributed by atoms with Gasteiger partial charge in [0.15, 0.2) is 0 Å². The first-order valence-corrected chi connectivity index (χ1v) is 5.00. The van der Waals surface area contributed by atoms with Crippen molar-refractivity contribution in [3.05, 3.63) is 23.5 Å². The van der Waals surface area contributed by atoms with Crippen molar-refractivity contribution in [1.82, 2.24) is 4.98 Å². The van der Waals surface area contributed by atoms with Crippen molar-refractivity contribution in [1.29, 1.82) is 0 Å². The Kier molecular flexibility index (Phi) is 3.74.